The van der Waals surface area contributed by atoms with E-state index in [4.69, 9.17) is 9.47 Å². The molecule has 204 valence electrons. The minimum absolute atomic E-state index is 0.00176. The summed E-state index contributed by atoms with van der Waals surface area (Å²) in [6.07, 6.45) is 8.51. The smallest absolute Gasteiger partial charge is 0.338 e. The summed E-state index contributed by atoms with van der Waals surface area (Å²) in [6, 6.07) is 14.0. The fourth-order valence-electron chi connectivity index (χ4n) is 5.54. The van der Waals surface area contributed by atoms with Gasteiger partial charge in [0.15, 0.2) is 0 Å². The molecule has 0 bridgehead atoms. The van der Waals surface area contributed by atoms with Crippen LogP contribution in [0, 0.1) is 12.8 Å². The first-order chi connectivity index (χ1) is 17.7. The van der Waals surface area contributed by atoms with E-state index in [-0.39, 0.29) is 24.2 Å². The summed E-state index contributed by atoms with van der Waals surface area (Å²) in [5.74, 6) is 0.487. The van der Waals surface area contributed by atoms with Gasteiger partial charge in [-0.3, -0.25) is 0 Å². The molecule has 0 aliphatic heterocycles. The molecule has 0 unspecified atom stereocenters. The first kappa shape index (κ1) is 29.3. The second kappa shape index (κ2) is 14.1. The third-order valence-electron chi connectivity index (χ3n) is 7.56. The van der Waals surface area contributed by atoms with Crippen LogP contribution in [-0.4, -0.2) is 42.5 Å². The van der Waals surface area contributed by atoms with Crippen molar-refractivity contribution in [2.75, 3.05) is 19.8 Å². The number of hydrogen-bond acceptors (Lipinski definition) is 5. The third-order valence-corrected chi connectivity index (χ3v) is 7.56. The van der Waals surface area contributed by atoms with Crippen LogP contribution in [0.2, 0.25) is 0 Å². The average Bonchev–Trinajstić information content (AvgIpc) is 3.14. The van der Waals surface area contributed by atoms with Crippen molar-refractivity contribution < 1.29 is 19.4 Å². The predicted molar refractivity (Wildman–Crippen MR) is 151 cm³/mol. The van der Waals surface area contributed by atoms with Gasteiger partial charge < -0.3 is 19.9 Å². The number of nitrogens with one attached hydrogen (secondary N) is 1. The molecule has 2 atom stereocenters. The first-order valence-corrected chi connectivity index (χ1v) is 14.1. The number of aliphatic hydroxyl groups is 1. The number of ether oxygens (including phenoxy) is 2. The number of carbonyl (C=O) groups is 1. The van der Waals surface area contributed by atoms with E-state index >= 15 is 0 Å². The Kier molecular flexibility index (Phi) is 11.2. The van der Waals surface area contributed by atoms with Gasteiger partial charge in [-0.25, -0.2) is 4.79 Å². The molecule has 0 heterocycles. The van der Waals surface area contributed by atoms with Crippen LogP contribution in [0.1, 0.15) is 100 Å². The fourth-order valence-corrected chi connectivity index (χ4v) is 5.54. The first-order valence-electron chi connectivity index (χ1n) is 14.1. The Balaban J connectivity index is 1.56. The molecule has 2 N–H and O–H groups in total. The Bertz CT molecular complexity index is 994. The van der Waals surface area contributed by atoms with Crippen molar-refractivity contribution in [3.05, 3.63) is 59.2 Å². The Morgan fingerprint density at radius 2 is 1.81 bits per heavy atom. The van der Waals surface area contributed by atoms with Crippen molar-refractivity contribution in [3.8, 4) is 11.1 Å². The molecule has 2 aromatic carbocycles. The Morgan fingerprint density at radius 3 is 2.49 bits per heavy atom. The van der Waals surface area contributed by atoms with Gasteiger partial charge in [-0.15, -0.1) is 0 Å². The van der Waals surface area contributed by atoms with E-state index in [0.717, 1.165) is 34.6 Å². The molecule has 1 saturated carbocycles. The zero-order chi connectivity index (χ0) is 26.8. The summed E-state index contributed by atoms with van der Waals surface area (Å²) in [7, 11) is 0. The summed E-state index contributed by atoms with van der Waals surface area (Å²) in [6.45, 7) is 11.4. The zero-order valence-corrected chi connectivity index (χ0v) is 23.5. The molecule has 2 aromatic rings. The minimum Gasteiger partial charge on any atom is -0.462 e. The van der Waals surface area contributed by atoms with Crippen LogP contribution in [-0.2, 0) is 9.47 Å². The second-order valence-electron chi connectivity index (χ2n) is 11.3. The topological polar surface area (TPSA) is 67.8 Å². The molecule has 37 heavy (non-hydrogen) atoms. The van der Waals surface area contributed by atoms with Gasteiger partial charge in [0.2, 0.25) is 0 Å². The summed E-state index contributed by atoms with van der Waals surface area (Å²) in [4.78, 5) is 12.2. The third kappa shape index (κ3) is 8.94. The zero-order valence-electron chi connectivity index (χ0n) is 23.5. The normalized spacial score (nSPS) is 16.7. The van der Waals surface area contributed by atoms with E-state index in [1.54, 1.807) is 0 Å². The highest BCUT2D eigenvalue weighted by molar-refractivity contribution is 5.92. The van der Waals surface area contributed by atoms with E-state index < -0.39 is 6.10 Å². The molecular formula is C32H47NO4. The maximum Gasteiger partial charge on any atom is 0.338 e. The van der Waals surface area contributed by atoms with Crippen LogP contribution in [0.15, 0.2) is 42.5 Å². The van der Waals surface area contributed by atoms with Gasteiger partial charge in [0, 0.05) is 12.1 Å². The average molecular weight is 510 g/mol. The summed E-state index contributed by atoms with van der Waals surface area (Å²) < 4.78 is 11.3. The van der Waals surface area contributed by atoms with Crippen molar-refractivity contribution in [2.24, 2.45) is 5.92 Å². The Morgan fingerprint density at radius 1 is 1.11 bits per heavy atom. The van der Waals surface area contributed by atoms with Gasteiger partial charge in [-0.05, 0) is 75.3 Å². The van der Waals surface area contributed by atoms with Crippen LogP contribution in [0.3, 0.4) is 0 Å². The highest BCUT2D eigenvalue weighted by atomic mass is 16.5. The van der Waals surface area contributed by atoms with Crippen molar-refractivity contribution >= 4 is 5.97 Å². The molecule has 0 spiro atoms. The van der Waals surface area contributed by atoms with Crippen molar-refractivity contribution in [1.82, 2.24) is 5.32 Å². The van der Waals surface area contributed by atoms with Gasteiger partial charge in [0.1, 0.15) is 0 Å². The Labute approximate surface area is 224 Å². The van der Waals surface area contributed by atoms with Crippen LogP contribution < -0.4 is 5.32 Å². The molecule has 0 aromatic heterocycles. The fraction of sp³-hybridized carbons (Fsp3) is 0.594. The number of β-amino-alcohol motifs (C(OH)–C–C–N with tert-alkyl or cyclic N) is 1. The molecule has 1 fully saturated rings. The van der Waals surface area contributed by atoms with E-state index in [0.29, 0.717) is 18.7 Å². The van der Waals surface area contributed by atoms with Gasteiger partial charge in [-0.2, -0.15) is 0 Å². The highest BCUT2D eigenvalue weighted by Gasteiger charge is 2.25. The van der Waals surface area contributed by atoms with Crippen molar-refractivity contribution in [2.45, 2.75) is 97.3 Å². The van der Waals surface area contributed by atoms with E-state index in [2.05, 4.69) is 31.3 Å². The van der Waals surface area contributed by atoms with Gasteiger partial charge >= 0.3 is 5.97 Å². The minimum atomic E-state index is -0.575. The molecule has 0 saturated heterocycles. The largest absolute Gasteiger partial charge is 0.462 e. The number of esters is 1. The number of rotatable bonds is 12. The molecule has 1 aliphatic carbocycles. The number of hydrogen-bond donors (Lipinski definition) is 2. The summed E-state index contributed by atoms with van der Waals surface area (Å²) >= 11 is 0. The summed E-state index contributed by atoms with van der Waals surface area (Å²) in [5, 5.41) is 14.3. The van der Waals surface area contributed by atoms with Crippen LogP contribution in [0.5, 0.6) is 0 Å². The van der Waals surface area contributed by atoms with E-state index in [1.165, 1.54) is 38.5 Å². The molecule has 0 amide bonds. The lowest BCUT2D eigenvalue weighted by Gasteiger charge is -2.32. The highest BCUT2D eigenvalue weighted by Crippen LogP contribution is 2.32. The number of aliphatic hydroxyl groups excluding tert-OH is 1. The molecule has 3 rings (SSSR count). The lowest BCUT2D eigenvalue weighted by Crippen LogP contribution is -2.45. The predicted octanol–water partition coefficient (Wildman–Crippen LogP) is 7.01. The molecule has 5 nitrogen and oxygen atoms in total. The molecule has 0 radical (unpaired) electrons. The molecule has 5 heteroatoms. The van der Waals surface area contributed by atoms with Crippen LogP contribution in [0.25, 0.3) is 11.1 Å². The van der Waals surface area contributed by atoms with Crippen LogP contribution in [0.4, 0.5) is 0 Å². The Hall–Kier alpha value is -2.21. The standard InChI is InChI=1S/C32H47NO4/c1-6-36-31(35)28-18-17-26(19-23(28)2)30-16-12-11-15-29(30)24(3)37-22-27(34)21-33-32(4,5)20-25-13-9-7-8-10-14-25/h11-12,15-19,24-25,27,33-34H,6-10,13-14,20-22H2,1-5H3/t24-,27-/m1/s1. The van der Waals surface area contributed by atoms with Gasteiger partial charge in [0.05, 0.1) is 31.0 Å². The van der Waals surface area contributed by atoms with Crippen molar-refractivity contribution in [1.29, 1.82) is 0 Å². The monoisotopic (exact) mass is 509 g/mol. The number of benzene rings is 2. The summed E-state index contributed by atoms with van der Waals surface area (Å²) in [5.41, 5.74) is 4.61. The maximum absolute atomic E-state index is 12.2. The second-order valence-corrected chi connectivity index (χ2v) is 11.3. The molecule has 1 aliphatic rings. The molecular weight excluding hydrogens is 462 g/mol. The van der Waals surface area contributed by atoms with E-state index in [1.807, 2.05) is 51.1 Å². The quantitative estimate of drug-likeness (QED) is 0.238. The van der Waals surface area contributed by atoms with Crippen LogP contribution >= 0.6 is 0 Å². The van der Waals surface area contributed by atoms with Gasteiger partial charge in [-0.1, -0.05) is 74.9 Å². The SMILES string of the molecule is CCOC(=O)c1ccc(-c2ccccc2[C@@H](C)OC[C@H](O)CNC(C)(C)CC2CCCCCC2)cc1C. The number of aryl methyl sites for hydroxylation is 1. The van der Waals surface area contributed by atoms with E-state index in [9.17, 15) is 9.90 Å². The van der Waals surface area contributed by atoms with Crippen molar-refractivity contribution in [3.63, 3.8) is 0 Å². The maximum atomic E-state index is 12.2. The lowest BCUT2D eigenvalue weighted by molar-refractivity contribution is -0.00446. The number of carbonyl (C=O) groups excluding carboxylic acids is 1. The lowest BCUT2D eigenvalue weighted by atomic mass is 9.86. The van der Waals surface area contributed by atoms with Gasteiger partial charge in [0.25, 0.3) is 0 Å².